The molecule has 0 bridgehead atoms. The summed E-state index contributed by atoms with van der Waals surface area (Å²) in [6.45, 7) is 8.04. The third kappa shape index (κ3) is 6.51. The molecule has 12 atom stereocenters. The zero-order chi connectivity index (χ0) is 33.9. The van der Waals surface area contributed by atoms with Crippen molar-refractivity contribution < 1.29 is 28.2 Å². The molecule has 12 heteroatoms. The number of alkyl carbamates (subject to hydrolysis) is 1. The molecule has 268 valence electrons. The number of alkyl halides is 1. The number of rotatable bonds is 6. The van der Waals surface area contributed by atoms with Crippen molar-refractivity contribution in [2.75, 3.05) is 33.2 Å². The molecule has 7 rings (SSSR count). The Hall–Kier alpha value is -2.28. The lowest BCUT2D eigenvalue weighted by Crippen LogP contribution is -2.78. The summed E-state index contributed by atoms with van der Waals surface area (Å²) in [6, 6.07) is -1.96. The van der Waals surface area contributed by atoms with Crippen molar-refractivity contribution in [1.82, 2.24) is 25.3 Å². The summed E-state index contributed by atoms with van der Waals surface area (Å²) in [5, 5.41) is 5.99. The normalized spacial score (nSPS) is 41.6. The summed E-state index contributed by atoms with van der Waals surface area (Å²) in [7, 11) is 2.12. The highest BCUT2D eigenvalue weighted by molar-refractivity contribution is 6.20. The third-order valence-corrected chi connectivity index (χ3v) is 12.7. The number of carbonyl (C=O) groups excluding carboxylic acids is 3. The van der Waals surface area contributed by atoms with E-state index in [1.807, 2.05) is 20.8 Å². The summed E-state index contributed by atoms with van der Waals surface area (Å²) >= 11 is 0. The van der Waals surface area contributed by atoms with Gasteiger partial charge in [-0.25, -0.2) is 9.18 Å². The van der Waals surface area contributed by atoms with Gasteiger partial charge in [-0.1, -0.05) is 25.7 Å². The van der Waals surface area contributed by atoms with Crippen LogP contribution < -0.4 is 16.4 Å². The summed E-state index contributed by atoms with van der Waals surface area (Å²) in [5.74, 6) is -0.462. The predicted molar refractivity (Wildman–Crippen MR) is 179 cm³/mol. The van der Waals surface area contributed by atoms with E-state index in [0.29, 0.717) is 43.9 Å². The number of carbonyl (C=O) groups is 3. The molecule has 3 saturated heterocycles. The van der Waals surface area contributed by atoms with Crippen molar-refractivity contribution in [3.8, 4) is 0 Å². The van der Waals surface area contributed by atoms with Gasteiger partial charge in [0.2, 0.25) is 0 Å². The van der Waals surface area contributed by atoms with Gasteiger partial charge >= 0.3 is 6.09 Å². The first-order chi connectivity index (χ1) is 22.9. The number of morpholine rings is 1. The van der Waals surface area contributed by atoms with E-state index in [4.69, 9.17) is 15.2 Å². The van der Waals surface area contributed by atoms with Crippen LogP contribution in [0, 0.1) is 17.8 Å². The van der Waals surface area contributed by atoms with Crippen molar-refractivity contribution in [1.29, 1.82) is 0 Å². The molecule has 48 heavy (non-hydrogen) atoms. The molecule has 4 heterocycles. The minimum atomic E-state index is -1.54. The van der Waals surface area contributed by atoms with E-state index in [1.165, 1.54) is 25.7 Å². The molecule has 3 aliphatic carbocycles. The molecular weight excluding hydrogens is 615 g/mol. The highest BCUT2D eigenvalue weighted by atomic mass is 19.1. The third-order valence-electron chi connectivity index (χ3n) is 12.7. The molecule has 12 unspecified atom stereocenters. The van der Waals surface area contributed by atoms with Crippen LogP contribution in [0.5, 0.6) is 0 Å². The first kappa shape index (κ1) is 34.2. The van der Waals surface area contributed by atoms with Crippen LogP contribution in [0.1, 0.15) is 85.0 Å². The first-order valence-electron chi connectivity index (χ1n) is 18.7. The Balaban J connectivity index is 1.14. The smallest absolute Gasteiger partial charge is 0.407 e. The molecule has 11 nitrogen and oxygen atoms in total. The largest absolute Gasteiger partial charge is 0.444 e. The number of halogens is 1. The van der Waals surface area contributed by atoms with E-state index < -0.39 is 48.0 Å². The van der Waals surface area contributed by atoms with Gasteiger partial charge in [-0.05, 0) is 84.7 Å². The number of hydrogen-bond donors (Lipinski definition) is 3. The van der Waals surface area contributed by atoms with E-state index in [1.54, 1.807) is 6.20 Å². The van der Waals surface area contributed by atoms with E-state index in [9.17, 15) is 14.4 Å². The van der Waals surface area contributed by atoms with Crippen LogP contribution >= 0.6 is 0 Å². The van der Waals surface area contributed by atoms with Gasteiger partial charge in [-0.2, -0.15) is 0 Å². The molecule has 0 aromatic carbocycles. The zero-order valence-corrected chi connectivity index (χ0v) is 29.2. The fraction of sp³-hybridized carbons (Fsp3) is 0.861. The summed E-state index contributed by atoms with van der Waals surface area (Å²) in [5.41, 5.74) is 6.23. The van der Waals surface area contributed by atoms with Crippen LogP contribution in [0.2, 0.25) is 0 Å². The summed E-state index contributed by atoms with van der Waals surface area (Å²) in [6.07, 6.45) is 9.54. The maximum absolute atomic E-state index is 16.8. The number of fused-ring (bicyclic) bond motifs is 3. The van der Waals surface area contributed by atoms with E-state index in [0.717, 1.165) is 38.6 Å². The van der Waals surface area contributed by atoms with Crippen molar-refractivity contribution >= 4 is 17.8 Å². The lowest BCUT2D eigenvalue weighted by Gasteiger charge is -2.62. The highest BCUT2D eigenvalue weighted by Crippen LogP contribution is 2.50. The minimum Gasteiger partial charge on any atom is -0.444 e. The second-order valence-electron chi connectivity index (χ2n) is 16.8. The zero-order valence-electron chi connectivity index (χ0n) is 29.2. The van der Waals surface area contributed by atoms with E-state index in [-0.39, 0.29) is 35.5 Å². The van der Waals surface area contributed by atoms with Gasteiger partial charge in [0.15, 0.2) is 5.78 Å². The number of amides is 2. The van der Waals surface area contributed by atoms with Crippen LogP contribution in [-0.4, -0.2) is 126 Å². The second kappa shape index (κ2) is 13.5. The van der Waals surface area contributed by atoms with Crippen LogP contribution in [0.25, 0.3) is 0 Å². The molecule has 0 spiro atoms. The number of nitrogens with one attached hydrogen (secondary N) is 2. The molecular formula is C36H57FN6O5. The Bertz CT molecular complexity index is 1280. The molecule has 6 fully saturated rings. The maximum atomic E-state index is 16.8. The van der Waals surface area contributed by atoms with Crippen LogP contribution in [0.4, 0.5) is 9.18 Å². The molecule has 0 aromatic heterocycles. The quantitative estimate of drug-likeness (QED) is 0.365. The topological polar surface area (TPSA) is 129 Å². The van der Waals surface area contributed by atoms with Crippen LogP contribution in [0.15, 0.2) is 11.8 Å². The maximum Gasteiger partial charge on any atom is 0.407 e. The summed E-state index contributed by atoms with van der Waals surface area (Å²) in [4.78, 5) is 47.1. The minimum absolute atomic E-state index is 0.0142. The Morgan fingerprint density at radius 1 is 1.06 bits per heavy atom. The van der Waals surface area contributed by atoms with Gasteiger partial charge in [0.05, 0.1) is 41.8 Å². The molecule has 3 saturated carbocycles. The predicted octanol–water partition coefficient (Wildman–Crippen LogP) is 2.72. The monoisotopic (exact) mass is 672 g/mol. The Kier molecular flexibility index (Phi) is 9.58. The number of nitrogens with two attached hydrogens (primary N) is 1. The van der Waals surface area contributed by atoms with Gasteiger partial charge in [-0.15, -0.1) is 0 Å². The Morgan fingerprint density at radius 2 is 1.81 bits per heavy atom. The average Bonchev–Trinajstić information content (AvgIpc) is 3.66. The first-order valence-corrected chi connectivity index (χ1v) is 18.7. The van der Waals surface area contributed by atoms with E-state index in [2.05, 4.69) is 32.4 Å². The SMILES string of the molecule is CN1CCCC1CCNC(=O)C1=CN2C3CC4CCCCC4CC3OC3C(N4CCC(NC(=O)OC(C)(C)C)C4)C(F)C(N)C(C1=O)C32. The molecule has 0 radical (unpaired) electrons. The van der Waals surface area contributed by atoms with E-state index >= 15 is 4.39 Å². The number of ketones is 1. The molecule has 2 amide bonds. The fourth-order valence-corrected chi connectivity index (χ4v) is 10.4. The van der Waals surface area contributed by atoms with Gasteiger partial charge in [0.25, 0.3) is 5.91 Å². The van der Waals surface area contributed by atoms with Gasteiger partial charge < -0.3 is 35.6 Å². The number of likely N-dealkylation sites (tertiary alicyclic amines) is 2. The molecule has 4 N–H and O–H groups in total. The second-order valence-corrected chi connectivity index (χ2v) is 16.8. The van der Waals surface area contributed by atoms with Crippen molar-refractivity contribution in [2.24, 2.45) is 23.5 Å². The fourth-order valence-electron chi connectivity index (χ4n) is 10.4. The number of hydrogen-bond acceptors (Lipinski definition) is 9. The molecule has 0 aromatic rings. The average molecular weight is 673 g/mol. The number of ether oxygens (including phenoxy) is 2. The highest BCUT2D eigenvalue weighted by Gasteiger charge is 2.63. The number of nitrogens with zero attached hydrogens (tertiary/aromatic N) is 3. The Labute approximate surface area is 284 Å². The van der Waals surface area contributed by atoms with Gasteiger partial charge in [-0.3, -0.25) is 14.5 Å². The lowest BCUT2D eigenvalue weighted by atomic mass is 9.64. The lowest BCUT2D eigenvalue weighted by molar-refractivity contribution is -0.222. The number of Topliss-reactive ketones (excluding diaryl/α,β-unsaturated/α-hetero) is 1. The van der Waals surface area contributed by atoms with Crippen molar-refractivity contribution in [3.05, 3.63) is 11.8 Å². The van der Waals surface area contributed by atoms with Crippen molar-refractivity contribution in [2.45, 2.75) is 145 Å². The van der Waals surface area contributed by atoms with Gasteiger partial charge in [0.1, 0.15) is 11.8 Å². The Morgan fingerprint density at radius 3 is 2.52 bits per heavy atom. The summed E-state index contributed by atoms with van der Waals surface area (Å²) < 4.78 is 29.3. The van der Waals surface area contributed by atoms with Gasteiger partial charge in [0, 0.05) is 44.0 Å². The van der Waals surface area contributed by atoms with Crippen molar-refractivity contribution in [3.63, 3.8) is 0 Å². The molecule has 4 aliphatic heterocycles. The standard InChI is InChI=1S/C36H57FN6O5/c1-36(2,3)48-35(46)40-22-12-15-42(18-22)31-28(37)29(38)27-30-33(31)47-26-17-21-9-6-5-8-20(21)16-25(26)43(30)19-24(32(27)44)34(45)39-13-11-23-10-7-14-41(23)4/h19-23,25-31,33H,5-18,38H2,1-4H3,(H,39,45)(H,40,46). The van der Waals surface area contributed by atoms with Crippen LogP contribution in [-0.2, 0) is 19.1 Å². The van der Waals surface area contributed by atoms with Crippen LogP contribution in [0.3, 0.4) is 0 Å². The molecule has 7 aliphatic rings.